The molecule has 1 heterocycles. The summed E-state index contributed by atoms with van der Waals surface area (Å²) in [6.45, 7) is 0.338. The molecule has 0 radical (unpaired) electrons. The minimum Gasteiger partial charge on any atom is -0.378 e. The van der Waals surface area contributed by atoms with E-state index in [-0.39, 0.29) is 5.56 Å². The fourth-order valence-electron chi connectivity index (χ4n) is 1.70. The fourth-order valence-corrected chi connectivity index (χ4v) is 2.53. The number of nitrogens with one attached hydrogen (secondary N) is 1. The number of H-pyrrole nitrogens is 1. The van der Waals surface area contributed by atoms with Gasteiger partial charge in [0.25, 0.3) is 5.56 Å². The van der Waals surface area contributed by atoms with E-state index >= 15 is 0 Å². The van der Waals surface area contributed by atoms with Gasteiger partial charge in [0.05, 0.1) is 12.3 Å². The predicted octanol–water partition coefficient (Wildman–Crippen LogP) is 2.87. The molecular weight excluding hydrogens is 423 g/mol. The van der Waals surface area contributed by atoms with Gasteiger partial charge in [-0.05, 0) is 34.2 Å². The van der Waals surface area contributed by atoms with Crippen LogP contribution in [-0.2, 0) is 17.8 Å². The first-order valence-electron chi connectivity index (χ1n) is 5.61. The molecule has 0 spiro atoms. The Morgan fingerprint density at radius 1 is 1.42 bits per heavy atom. The molecule has 1 aromatic carbocycles. The Kier molecular flexibility index (Phi) is 5.12. The van der Waals surface area contributed by atoms with Crippen LogP contribution in [0.1, 0.15) is 17.1 Å². The monoisotopic (exact) mass is 434 g/mol. The van der Waals surface area contributed by atoms with E-state index in [2.05, 4.69) is 25.9 Å². The first kappa shape index (κ1) is 14.7. The van der Waals surface area contributed by atoms with Crippen molar-refractivity contribution in [3.8, 4) is 0 Å². The number of halogens is 2. The van der Waals surface area contributed by atoms with Gasteiger partial charge < -0.3 is 9.72 Å². The van der Waals surface area contributed by atoms with Crippen molar-refractivity contribution < 1.29 is 4.74 Å². The molecule has 0 amide bonds. The van der Waals surface area contributed by atoms with E-state index in [1.165, 1.54) is 0 Å². The highest BCUT2D eigenvalue weighted by molar-refractivity contribution is 14.1. The molecule has 6 heteroatoms. The Morgan fingerprint density at radius 2 is 2.16 bits per heavy atom. The Bertz CT molecular complexity index is 643. The molecule has 19 heavy (non-hydrogen) atoms. The van der Waals surface area contributed by atoms with Crippen molar-refractivity contribution in [2.45, 2.75) is 13.0 Å². The summed E-state index contributed by atoms with van der Waals surface area (Å²) in [7, 11) is 1.59. The highest BCUT2D eigenvalue weighted by Gasteiger charge is 2.10. The zero-order valence-corrected chi connectivity index (χ0v) is 14.0. The fraction of sp³-hybridized carbons (Fsp3) is 0.231. The lowest BCUT2D eigenvalue weighted by Crippen LogP contribution is -2.18. The molecule has 0 aliphatic heterocycles. The van der Waals surface area contributed by atoms with E-state index in [0.29, 0.717) is 28.1 Å². The van der Waals surface area contributed by atoms with Crippen molar-refractivity contribution in [3.05, 3.63) is 59.7 Å². The summed E-state index contributed by atoms with van der Waals surface area (Å²) >= 11 is 5.48. The van der Waals surface area contributed by atoms with E-state index in [1.807, 2.05) is 46.9 Å². The lowest BCUT2D eigenvalue weighted by atomic mass is 10.1. The van der Waals surface area contributed by atoms with Gasteiger partial charge in [-0.1, -0.05) is 34.1 Å². The Labute approximate surface area is 132 Å². The predicted molar refractivity (Wildman–Crippen MR) is 85.2 cm³/mol. The largest absolute Gasteiger partial charge is 0.378 e. The summed E-state index contributed by atoms with van der Waals surface area (Å²) < 4.78 is 6.65. The smallest absolute Gasteiger partial charge is 0.264 e. The number of rotatable bonds is 4. The molecule has 0 saturated carbocycles. The summed E-state index contributed by atoms with van der Waals surface area (Å²) in [6, 6.07) is 7.88. The third-order valence-electron chi connectivity index (χ3n) is 2.58. The van der Waals surface area contributed by atoms with Gasteiger partial charge in [-0.25, -0.2) is 4.98 Å². The molecule has 1 N–H and O–H groups in total. The number of ether oxygens (including phenoxy) is 1. The molecule has 2 aromatic rings. The standard InChI is InChI=1S/C13H12BrIN2O2/c1-19-7-10-12(15)13(18)17-11(16-10)6-8-4-2-3-5-9(8)14/h2-5H,6-7H2,1H3,(H,16,17,18). The van der Waals surface area contributed by atoms with Gasteiger partial charge >= 0.3 is 0 Å². The van der Waals surface area contributed by atoms with Crippen LogP contribution in [0.5, 0.6) is 0 Å². The minimum atomic E-state index is -0.121. The third kappa shape index (κ3) is 3.64. The summed E-state index contributed by atoms with van der Waals surface area (Å²) in [4.78, 5) is 19.1. The van der Waals surface area contributed by atoms with Gasteiger partial charge in [-0.3, -0.25) is 4.79 Å². The number of benzene rings is 1. The van der Waals surface area contributed by atoms with Gasteiger partial charge in [0.15, 0.2) is 0 Å². The maximum atomic E-state index is 11.8. The van der Waals surface area contributed by atoms with Crippen molar-refractivity contribution in [2.75, 3.05) is 7.11 Å². The van der Waals surface area contributed by atoms with Crippen LogP contribution in [0.3, 0.4) is 0 Å². The topological polar surface area (TPSA) is 55.0 Å². The van der Waals surface area contributed by atoms with Crippen LogP contribution in [0.25, 0.3) is 0 Å². The van der Waals surface area contributed by atoms with Crippen LogP contribution in [0, 0.1) is 3.57 Å². The van der Waals surface area contributed by atoms with Gasteiger partial charge in [0.1, 0.15) is 9.39 Å². The molecule has 0 fully saturated rings. The van der Waals surface area contributed by atoms with Crippen molar-refractivity contribution in [3.63, 3.8) is 0 Å². The lowest BCUT2D eigenvalue weighted by Gasteiger charge is -2.07. The van der Waals surface area contributed by atoms with Crippen LogP contribution < -0.4 is 5.56 Å². The summed E-state index contributed by atoms with van der Waals surface area (Å²) in [5.74, 6) is 0.643. The lowest BCUT2D eigenvalue weighted by molar-refractivity contribution is 0.180. The SMILES string of the molecule is COCc1nc(Cc2ccccc2Br)[nH]c(=O)c1I. The number of aromatic amines is 1. The average Bonchev–Trinajstić information content (AvgIpc) is 2.38. The van der Waals surface area contributed by atoms with E-state index in [1.54, 1.807) is 7.11 Å². The molecule has 4 nitrogen and oxygen atoms in total. The number of methoxy groups -OCH3 is 1. The Hall–Kier alpha value is -0.730. The first-order valence-corrected chi connectivity index (χ1v) is 7.49. The van der Waals surface area contributed by atoms with Crippen LogP contribution in [0.2, 0.25) is 0 Å². The van der Waals surface area contributed by atoms with Crippen molar-refractivity contribution in [1.29, 1.82) is 0 Å². The molecule has 0 bridgehead atoms. The number of hydrogen-bond donors (Lipinski definition) is 1. The van der Waals surface area contributed by atoms with Crippen LogP contribution in [-0.4, -0.2) is 17.1 Å². The second-order valence-corrected chi connectivity index (χ2v) is 5.91. The Morgan fingerprint density at radius 3 is 2.84 bits per heavy atom. The molecule has 0 saturated heterocycles. The molecule has 100 valence electrons. The maximum Gasteiger partial charge on any atom is 0.264 e. The van der Waals surface area contributed by atoms with Crippen molar-refractivity contribution in [2.24, 2.45) is 0 Å². The van der Waals surface area contributed by atoms with Crippen LogP contribution in [0.4, 0.5) is 0 Å². The minimum absolute atomic E-state index is 0.121. The van der Waals surface area contributed by atoms with E-state index in [0.717, 1.165) is 10.0 Å². The third-order valence-corrected chi connectivity index (χ3v) is 4.46. The highest BCUT2D eigenvalue weighted by atomic mass is 127. The average molecular weight is 435 g/mol. The summed E-state index contributed by atoms with van der Waals surface area (Å²) in [5.41, 5.74) is 1.63. The maximum absolute atomic E-state index is 11.8. The number of nitrogens with zero attached hydrogens (tertiary/aromatic N) is 1. The van der Waals surface area contributed by atoms with E-state index in [4.69, 9.17) is 4.74 Å². The van der Waals surface area contributed by atoms with Gasteiger partial charge in [0.2, 0.25) is 0 Å². The van der Waals surface area contributed by atoms with Crippen LogP contribution >= 0.6 is 38.5 Å². The van der Waals surface area contributed by atoms with Gasteiger partial charge in [-0.2, -0.15) is 0 Å². The molecule has 0 aliphatic carbocycles. The quantitative estimate of drug-likeness (QED) is 0.753. The Balaban J connectivity index is 2.36. The number of hydrogen-bond acceptors (Lipinski definition) is 3. The summed E-state index contributed by atoms with van der Waals surface area (Å²) in [5, 5.41) is 0. The second kappa shape index (κ2) is 6.62. The zero-order chi connectivity index (χ0) is 13.8. The van der Waals surface area contributed by atoms with Crippen LogP contribution in [0.15, 0.2) is 33.5 Å². The molecule has 0 unspecified atom stereocenters. The summed E-state index contributed by atoms with van der Waals surface area (Å²) in [6.07, 6.45) is 0.574. The van der Waals surface area contributed by atoms with Crippen molar-refractivity contribution in [1.82, 2.24) is 9.97 Å². The van der Waals surface area contributed by atoms with E-state index < -0.39 is 0 Å². The zero-order valence-electron chi connectivity index (χ0n) is 10.2. The van der Waals surface area contributed by atoms with E-state index in [9.17, 15) is 4.79 Å². The highest BCUT2D eigenvalue weighted by Crippen LogP contribution is 2.18. The first-order chi connectivity index (χ1) is 9.11. The molecular formula is C13H12BrIN2O2. The molecule has 0 atom stereocenters. The number of aromatic nitrogens is 2. The van der Waals surface area contributed by atoms with Gasteiger partial charge in [-0.15, -0.1) is 0 Å². The molecule has 1 aromatic heterocycles. The molecule has 0 aliphatic rings. The second-order valence-electron chi connectivity index (χ2n) is 3.97. The molecule has 2 rings (SSSR count). The van der Waals surface area contributed by atoms with Crippen molar-refractivity contribution >= 4 is 38.5 Å². The van der Waals surface area contributed by atoms with Gasteiger partial charge in [0, 0.05) is 18.0 Å². The normalized spacial score (nSPS) is 10.7.